The van der Waals surface area contributed by atoms with Gasteiger partial charge < -0.3 is 16.4 Å². The fourth-order valence-electron chi connectivity index (χ4n) is 0.472. The maximum atomic E-state index is 10.8. The predicted octanol–water partition coefficient (Wildman–Crippen LogP) is -1.33. The number of hydrogen-bond donors (Lipinski definition) is 3. The zero-order valence-corrected chi connectivity index (χ0v) is 6.48. The second-order valence-electron chi connectivity index (χ2n) is 2.18. The highest BCUT2D eigenvalue weighted by atomic mass is 16.2. The van der Waals surface area contributed by atoms with E-state index >= 15 is 0 Å². The van der Waals surface area contributed by atoms with Crippen molar-refractivity contribution in [2.24, 2.45) is 5.73 Å². The normalized spacial score (nSPS) is 12.7. The number of nitrogens with one attached hydrogen (secondary N) is 2. The largest absolute Gasteiger partial charge is 0.353 e. The lowest BCUT2D eigenvalue weighted by Crippen LogP contribution is -2.40. The Morgan fingerprint density at radius 2 is 2.20 bits per heavy atom. The second kappa shape index (κ2) is 5.20. The molecule has 0 heterocycles. The van der Waals surface area contributed by atoms with Crippen LogP contribution in [0.3, 0.4) is 0 Å². The predicted molar refractivity (Wildman–Crippen MR) is 40.6 cm³/mol. The van der Waals surface area contributed by atoms with E-state index in [-0.39, 0.29) is 5.91 Å². The van der Waals surface area contributed by atoms with Crippen LogP contribution in [-0.2, 0) is 4.79 Å². The number of nitrogens with two attached hydrogens (primary N) is 1. The Hall–Kier alpha value is -0.610. The van der Waals surface area contributed by atoms with E-state index in [1.807, 2.05) is 7.05 Å². The summed E-state index contributed by atoms with van der Waals surface area (Å²) < 4.78 is 0. The maximum Gasteiger partial charge on any atom is 0.236 e. The van der Waals surface area contributed by atoms with E-state index in [0.717, 1.165) is 6.54 Å². The monoisotopic (exact) mass is 145 g/mol. The molecule has 10 heavy (non-hydrogen) atoms. The van der Waals surface area contributed by atoms with Crippen LogP contribution in [0.5, 0.6) is 0 Å². The number of rotatable bonds is 4. The number of hydrogen-bond acceptors (Lipinski definition) is 3. The van der Waals surface area contributed by atoms with E-state index in [9.17, 15) is 4.79 Å². The first-order chi connectivity index (χ1) is 4.68. The van der Waals surface area contributed by atoms with Crippen molar-refractivity contribution in [1.29, 1.82) is 0 Å². The molecule has 0 unspecified atom stereocenters. The Labute approximate surface area is 61.2 Å². The van der Waals surface area contributed by atoms with E-state index < -0.39 is 6.04 Å². The van der Waals surface area contributed by atoms with Crippen LogP contribution in [0.25, 0.3) is 0 Å². The van der Waals surface area contributed by atoms with Crippen LogP contribution in [0.4, 0.5) is 0 Å². The zero-order valence-electron chi connectivity index (χ0n) is 6.48. The third kappa shape index (κ3) is 4.29. The second-order valence-corrected chi connectivity index (χ2v) is 2.18. The van der Waals surface area contributed by atoms with Gasteiger partial charge in [-0.3, -0.25) is 4.79 Å². The summed E-state index contributed by atoms with van der Waals surface area (Å²) in [7, 11) is 1.83. The highest BCUT2D eigenvalue weighted by Gasteiger charge is 2.03. The summed E-state index contributed by atoms with van der Waals surface area (Å²) in [5, 5.41) is 5.56. The maximum absolute atomic E-state index is 10.8. The van der Waals surface area contributed by atoms with Crippen molar-refractivity contribution in [2.75, 3.05) is 20.1 Å². The molecule has 1 atom stereocenters. The van der Waals surface area contributed by atoms with Gasteiger partial charge in [0.15, 0.2) is 0 Å². The highest BCUT2D eigenvalue weighted by molar-refractivity contribution is 5.80. The van der Waals surface area contributed by atoms with Gasteiger partial charge in [-0.1, -0.05) is 0 Å². The standard InChI is InChI=1S/C6H15N3O/c1-5(7)6(10)9-4-3-8-2/h5,8H,3-4,7H2,1-2H3,(H,9,10)/t5-/m1/s1. The SMILES string of the molecule is CNCCNC(=O)[C@@H](C)N. The van der Waals surface area contributed by atoms with Gasteiger partial charge in [0.1, 0.15) is 0 Å². The summed E-state index contributed by atoms with van der Waals surface area (Å²) in [5.41, 5.74) is 5.29. The molecule has 4 N–H and O–H groups in total. The molecule has 0 aliphatic heterocycles. The van der Waals surface area contributed by atoms with Gasteiger partial charge in [0.2, 0.25) is 5.91 Å². The van der Waals surface area contributed by atoms with Gasteiger partial charge in [0, 0.05) is 13.1 Å². The van der Waals surface area contributed by atoms with Gasteiger partial charge >= 0.3 is 0 Å². The smallest absolute Gasteiger partial charge is 0.236 e. The molecule has 0 aliphatic carbocycles. The third-order valence-corrected chi connectivity index (χ3v) is 1.09. The van der Waals surface area contributed by atoms with Crippen LogP contribution in [0.15, 0.2) is 0 Å². The molecule has 0 aromatic heterocycles. The molecule has 0 aliphatic rings. The van der Waals surface area contributed by atoms with Gasteiger partial charge in [0.05, 0.1) is 6.04 Å². The summed E-state index contributed by atoms with van der Waals surface area (Å²) in [6.45, 7) is 3.07. The number of amides is 1. The zero-order chi connectivity index (χ0) is 7.98. The molecule has 60 valence electrons. The Kier molecular flexibility index (Phi) is 4.88. The van der Waals surface area contributed by atoms with Gasteiger partial charge in [0.25, 0.3) is 0 Å². The average molecular weight is 145 g/mol. The van der Waals surface area contributed by atoms with Gasteiger partial charge in [-0.2, -0.15) is 0 Å². The highest BCUT2D eigenvalue weighted by Crippen LogP contribution is 1.72. The van der Waals surface area contributed by atoms with Gasteiger partial charge in [-0.25, -0.2) is 0 Å². The summed E-state index contributed by atoms with van der Waals surface area (Å²) in [5.74, 6) is -0.102. The minimum atomic E-state index is -0.406. The van der Waals surface area contributed by atoms with Gasteiger partial charge in [-0.15, -0.1) is 0 Å². The molecule has 0 radical (unpaired) electrons. The first kappa shape index (κ1) is 9.39. The third-order valence-electron chi connectivity index (χ3n) is 1.09. The molecule has 0 bridgehead atoms. The fraction of sp³-hybridized carbons (Fsp3) is 0.833. The topological polar surface area (TPSA) is 67.1 Å². The van der Waals surface area contributed by atoms with Crippen LogP contribution < -0.4 is 16.4 Å². The van der Waals surface area contributed by atoms with Crippen LogP contribution in [-0.4, -0.2) is 32.1 Å². The van der Waals surface area contributed by atoms with E-state index in [2.05, 4.69) is 10.6 Å². The van der Waals surface area contributed by atoms with Crippen LogP contribution in [0, 0.1) is 0 Å². The van der Waals surface area contributed by atoms with Crippen molar-refractivity contribution in [2.45, 2.75) is 13.0 Å². The van der Waals surface area contributed by atoms with Crippen molar-refractivity contribution in [1.82, 2.24) is 10.6 Å². The lowest BCUT2D eigenvalue weighted by molar-refractivity contribution is -0.121. The molecule has 4 heteroatoms. The molecule has 0 saturated heterocycles. The molecule has 4 nitrogen and oxygen atoms in total. The molecule has 0 aromatic rings. The van der Waals surface area contributed by atoms with Crippen LogP contribution >= 0.6 is 0 Å². The quantitative estimate of drug-likeness (QED) is 0.429. The number of carbonyl (C=O) groups is 1. The van der Waals surface area contributed by atoms with Crippen LogP contribution in [0.2, 0.25) is 0 Å². The van der Waals surface area contributed by atoms with Crippen molar-refractivity contribution < 1.29 is 4.79 Å². The minimum Gasteiger partial charge on any atom is -0.353 e. The number of likely N-dealkylation sites (N-methyl/N-ethyl adjacent to an activating group) is 1. The Balaban J connectivity index is 3.22. The van der Waals surface area contributed by atoms with E-state index in [4.69, 9.17) is 5.73 Å². The Morgan fingerprint density at radius 1 is 1.60 bits per heavy atom. The average Bonchev–Trinajstić information content (AvgIpc) is 1.88. The van der Waals surface area contributed by atoms with E-state index in [1.54, 1.807) is 6.92 Å². The molecular weight excluding hydrogens is 130 g/mol. The van der Waals surface area contributed by atoms with E-state index in [1.165, 1.54) is 0 Å². The van der Waals surface area contributed by atoms with E-state index in [0.29, 0.717) is 6.54 Å². The molecule has 0 spiro atoms. The molecule has 1 amide bonds. The Bertz CT molecular complexity index is 103. The minimum absolute atomic E-state index is 0.102. The molecule has 0 rings (SSSR count). The van der Waals surface area contributed by atoms with Crippen LogP contribution in [0.1, 0.15) is 6.92 Å². The first-order valence-electron chi connectivity index (χ1n) is 3.36. The number of carbonyl (C=O) groups excluding carboxylic acids is 1. The van der Waals surface area contributed by atoms with Gasteiger partial charge in [-0.05, 0) is 14.0 Å². The van der Waals surface area contributed by atoms with Crippen molar-refractivity contribution in [3.8, 4) is 0 Å². The fourth-order valence-corrected chi connectivity index (χ4v) is 0.472. The van der Waals surface area contributed by atoms with Crippen molar-refractivity contribution in [3.05, 3.63) is 0 Å². The molecule has 0 saturated carbocycles. The van der Waals surface area contributed by atoms with Crippen molar-refractivity contribution in [3.63, 3.8) is 0 Å². The molecule has 0 aromatic carbocycles. The summed E-state index contributed by atoms with van der Waals surface area (Å²) >= 11 is 0. The summed E-state index contributed by atoms with van der Waals surface area (Å²) in [6, 6.07) is -0.406. The first-order valence-corrected chi connectivity index (χ1v) is 3.36. The molecular formula is C6H15N3O. The lowest BCUT2D eigenvalue weighted by atomic mass is 10.3. The Morgan fingerprint density at radius 3 is 2.60 bits per heavy atom. The summed E-state index contributed by atoms with van der Waals surface area (Å²) in [4.78, 5) is 10.8. The molecule has 0 fully saturated rings. The van der Waals surface area contributed by atoms with Crippen molar-refractivity contribution >= 4 is 5.91 Å². The summed E-state index contributed by atoms with van der Waals surface area (Å²) in [6.07, 6.45) is 0. The lowest BCUT2D eigenvalue weighted by Gasteiger charge is -2.06.